The van der Waals surface area contributed by atoms with Crippen molar-refractivity contribution in [2.24, 2.45) is 0 Å². The summed E-state index contributed by atoms with van der Waals surface area (Å²) in [5, 5.41) is 0. The number of rotatable bonds is 4. The predicted octanol–water partition coefficient (Wildman–Crippen LogP) is 4.54. The molecule has 5 heteroatoms. The summed E-state index contributed by atoms with van der Waals surface area (Å²) >= 11 is 0. The number of hydrogen-bond donors (Lipinski definition) is 1. The number of anilines is 2. The molecule has 2 aromatic rings. The van der Waals surface area contributed by atoms with Gasteiger partial charge >= 0.3 is 0 Å². The van der Waals surface area contributed by atoms with Crippen LogP contribution in [-0.4, -0.2) is 7.05 Å². The highest BCUT2D eigenvalue weighted by atomic mass is 19.3. The van der Waals surface area contributed by atoms with Crippen LogP contribution in [0.4, 0.5) is 24.5 Å². The molecular weight excluding hydrogens is 277 g/mol. The van der Waals surface area contributed by atoms with Gasteiger partial charge in [-0.3, -0.25) is 0 Å². The van der Waals surface area contributed by atoms with E-state index in [-0.39, 0.29) is 23.1 Å². The molecule has 0 aromatic heterocycles. The van der Waals surface area contributed by atoms with Crippen LogP contribution in [0, 0.1) is 5.82 Å². The van der Waals surface area contributed by atoms with Gasteiger partial charge in [-0.1, -0.05) is 18.2 Å². The molecule has 0 bridgehead atoms. The second-order valence-corrected chi connectivity index (χ2v) is 4.93. The summed E-state index contributed by atoms with van der Waals surface area (Å²) in [7, 11) is 1.66. The molecule has 0 aliphatic carbocycles. The molecule has 0 aliphatic rings. The minimum atomic E-state index is -2.64. The lowest BCUT2D eigenvalue weighted by Crippen LogP contribution is -2.23. The van der Waals surface area contributed by atoms with Crippen LogP contribution in [0.3, 0.4) is 0 Å². The van der Waals surface area contributed by atoms with Gasteiger partial charge in [-0.25, -0.2) is 13.2 Å². The molecule has 2 aromatic carbocycles. The van der Waals surface area contributed by atoms with Crippen molar-refractivity contribution < 1.29 is 13.2 Å². The van der Waals surface area contributed by atoms with Gasteiger partial charge in [-0.2, -0.15) is 0 Å². The summed E-state index contributed by atoms with van der Waals surface area (Å²) in [6.07, 6.45) is -2.64. The lowest BCUT2D eigenvalue weighted by atomic mass is 10.0. The standard InChI is InChI=1S/C16H17F3N2/c1-10(12-5-3-4-6-14(12)17)21(2)15-8-7-11(20)9-13(15)16(18)19/h3-10,16H,20H2,1-2H3. The van der Waals surface area contributed by atoms with Crippen molar-refractivity contribution in [2.75, 3.05) is 17.7 Å². The topological polar surface area (TPSA) is 29.3 Å². The Kier molecular flexibility index (Phi) is 4.40. The first-order valence-corrected chi connectivity index (χ1v) is 6.56. The molecule has 0 spiro atoms. The normalized spacial score (nSPS) is 12.5. The maximum atomic E-state index is 13.8. The fraction of sp³-hybridized carbons (Fsp3) is 0.250. The Morgan fingerprint density at radius 3 is 2.33 bits per heavy atom. The highest BCUT2D eigenvalue weighted by Crippen LogP contribution is 2.35. The molecule has 0 saturated heterocycles. The van der Waals surface area contributed by atoms with Crippen molar-refractivity contribution in [3.05, 3.63) is 59.4 Å². The van der Waals surface area contributed by atoms with Crippen molar-refractivity contribution in [3.63, 3.8) is 0 Å². The molecule has 0 saturated carbocycles. The van der Waals surface area contributed by atoms with E-state index in [9.17, 15) is 13.2 Å². The zero-order valence-corrected chi connectivity index (χ0v) is 11.9. The van der Waals surface area contributed by atoms with Gasteiger partial charge in [0.05, 0.1) is 6.04 Å². The Labute approximate surface area is 122 Å². The number of benzene rings is 2. The van der Waals surface area contributed by atoms with E-state index in [2.05, 4.69) is 0 Å². The second kappa shape index (κ2) is 6.08. The van der Waals surface area contributed by atoms with Gasteiger partial charge in [0, 0.05) is 29.5 Å². The first-order chi connectivity index (χ1) is 9.91. The zero-order chi connectivity index (χ0) is 15.6. The molecule has 2 N–H and O–H groups in total. The minimum Gasteiger partial charge on any atom is -0.399 e. The summed E-state index contributed by atoms with van der Waals surface area (Å²) in [5.41, 5.74) is 6.49. The lowest BCUT2D eigenvalue weighted by Gasteiger charge is -2.29. The molecule has 0 aliphatic heterocycles. The number of nitrogens with zero attached hydrogens (tertiary/aromatic N) is 1. The number of nitrogens with two attached hydrogens (primary N) is 1. The summed E-state index contributed by atoms with van der Waals surface area (Å²) in [6, 6.07) is 10.3. The SMILES string of the molecule is CC(c1ccccc1F)N(C)c1ccc(N)cc1C(F)F. The number of halogens is 3. The first kappa shape index (κ1) is 15.2. The Bertz CT molecular complexity index is 629. The smallest absolute Gasteiger partial charge is 0.265 e. The fourth-order valence-electron chi connectivity index (χ4n) is 2.30. The number of nitrogen functional groups attached to an aromatic ring is 1. The largest absolute Gasteiger partial charge is 0.399 e. The Balaban J connectivity index is 2.40. The van der Waals surface area contributed by atoms with E-state index in [1.54, 1.807) is 43.1 Å². The van der Waals surface area contributed by atoms with Gasteiger partial charge in [0.2, 0.25) is 0 Å². The van der Waals surface area contributed by atoms with Gasteiger partial charge in [0.1, 0.15) is 5.82 Å². The molecule has 0 amide bonds. The first-order valence-electron chi connectivity index (χ1n) is 6.56. The van der Waals surface area contributed by atoms with Gasteiger partial charge in [-0.05, 0) is 31.2 Å². The molecule has 0 fully saturated rings. The highest BCUT2D eigenvalue weighted by Gasteiger charge is 2.21. The van der Waals surface area contributed by atoms with E-state index < -0.39 is 6.43 Å². The van der Waals surface area contributed by atoms with Crippen molar-refractivity contribution in [2.45, 2.75) is 19.4 Å². The van der Waals surface area contributed by atoms with Crippen molar-refractivity contribution in [3.8, 4) is 0 Å². The molecule has 1 unspecified atom stereocenters. The van der Waals surface area contributed by atoms with Gasteiger partial charge in [-0.15, -0.1) is 0 Å². The van der Waals surface area contributed by atoms with E-state index >= 15 is 0 Å². The summed E-state index contributed by atoms with van der Waals surface area (Å²) in [4.78, 5) is 1.62. The van der Waals surface area contributed by atoms with E-state index in [1.807, 2.05) is 0 Å². The highest BCUT2D eigenvalue weighted by molar-refractivity contribution is 5.60. The van der Waals surface area contributed by atoms with Crippen LogP contribution in [0.2, 0.25) is 0 Å². The third kappa shape index (κ3) is 3.12. The van der Waals surface area contributed by atoms with Crippen LogP contribution in [0.5, 0.6) is 0 Å². The molecule has 2 nitrogen and oxygen atoms in total. The Morgan fingerprint density at radius 1 is 1.05 bits per heavy atom. The average molecular weight is 294 g/mol. The molecule has 2 rings (SSSR count). The van der Waals surface area contributed by atoms with Crippen molar-refractivity contribution >= 4 is 11.4 Å². The van der Waals surface area contributed by atoms with E-state index in [0.717, 1.165) is 0 Å². The molecule has 0 heterocycles. The molecule has 21 heavy (non-hydrogen) atoms. The maximum Gasteiger partial charge on any atom is 0.265 e. The summed E-state index contributed by atoms with van der Waals surface area (Å²) in [6.45, 7) is 1.77. The van der Waals surface area contributed by atoms with Crippen molar-refractivity contribution in [1.29, 1.82) is 0 Å². The lowest BCUT2D eigenvalue weighted by molar-refractivity contribution is 0.152. The van der Waals surface area contributed by atoms with E-state index in [4.69, 9.17) is 5.73 Å². The summed E-state index contributed by atoms with van der Waals surface area (Å²) < 4.78 is 40.2. The van der Waals surface area contributed by atoms with Crippen LogP contribution >= 0.6 is 0 Å². The zero-order valence-electron chi connectivity index (χ0n) is 11.9. The second-order valence-electron chi connectivity index (χ2n) is 4.93. The van der Waals surface area contributed by atoms with Gasteiger partial charge in [0.25, 0.3) is 6.43 Å². The van der Waals surface area contributed by atoms with Gasteiger partial charge < -0.3 is 10.6 Å². The van der Waals surface area contributed by atoms with Crippen LogP contribution in [0.15, 0.2) is 42.5 Å². The quantitative estimate of drug-likeness (QED) is 0.839. The number of alkyl halides is 2. The predicted molar refractivity (Wildman–Crippen MR) is 79.0 cm³/mol. The van der Waals surface area contributed by atoms with Crippen LogP contribution in [-0.2, 0) is 0 Å². The average Bonchev–Trinajstić information content (AvgIpc) is 2.46. The fourth-order valence-corrected chi connectivity index (χ4v) is 2.30. The molecule has 1 atom stereocenters. The Morgan fingerprint density at radius 2 is 1.71 bits per heavy atom. The van der Waals surface area contributed by atoms with E-state index in [1.165, 1.54) is 18.2 Å². The van der Waals surface area contributed by atoms with Crippen LogP contribution in [0.1, 0.15) is 30.5 Å². The monoisotopic (exact) mass is 294 g/mol. The minimum absolute atomic E-state index is 0.152. The Hall–Kier alpha value is -2.17. The van der Waals surface area contributed by atoms with Crippen molar-refractivity contribution in [1.82, 2.24) is 0 Å². The van der Waals surface area contributed by atoms with Crippen LogP contribution in [0.25, 0.3) is 0 Å². The third-order valence-corrected chi connectivity index (χ3v) is 3.60. The third-order valence-electron chi connectivity index (χ3n) is 3.60. The molecule has 0 radical (unpaired) electrons. The number of hydrogen-bond acceptors (Lipinski definition) is 2. The van der Waals surface area contributed by atoms with Gasteiger partial charge in [0.15, 0.2) is 0 Å². The summed E-state index contributed by atoms with van der Waals surface area (Å²) in [5.74, 6) is -0.356. The molecular formula is C16H17F3N2. The van der Waals surface area contributed by atoms with Crippen LogP contribution < -0.4 is 10.6 Å². The van der Waals surface area contributed by atoms with E-state index in [0.29, 0.717) is 11.3 Å². The maximum absolute atomic E-state index is 13.8. The molecule has 112 valence electrons.